The number of para-hydroxylation sites is 2. The summed E-state index contributed by atoms with van der Waals surface area (Å²) in [6, 6.07) is 22.7. The molecule has 9 heteroatoms. The summed E-state index contributed by atoms with van der Waals surface area (Å²) in [6.07, 6.45) is 2.86. The van der Waals surface area contributed by atoms with Gasteiger partial charge in [-0.15, -0.1) is 0 Å². The molecule has 9 nitrogen and oxygen atoms in total. The van der Waals surface area contributed by atoms with Crippen molar-refractivity contribution in [3.05, 3.63) is 127 Å². The van der Waals surface area contributed by atoms with Gasteiger partial charge in [-0.1, -0.05) is 36.4 Å². The first-order valence-corrected chi connectivity index (χ1v) is 14.9. The number of hydrogen-bond donors (Lipinski definition) is 0. The largest absolute Gasteiger partial charge is 0.361 e. The van der Waals surface area contributed by atoms with Crippen molar-refractivity contribution in [1.82, 2.24) is 0 Å². The average molecular weight is 603 g/mol. The van der Waals surface area contributed by atoms with Crippen LogP contribution in [0.3, 0.4) is 0 Å². The highest BCUT2D eigenvalue weighted by Crippen LogP contribution is 2.38. The second kappa shape index (κ2) is 11.7. The molecule has 0 bridgehead atoms. The second-order valence-electron chi connectivity index (χ2n) is 11.7. The summed E-state index contributed by atoms with van der Waals surface area (Å²) in [7, 11) is 1.53. The van der Waals surface area contributed by atoms with Crippen molar-refractivity contribution < 1.29 is 19.2 Å². The summed E-state index contributed by atoms with van der Waals surface area (Å²) in [4.78, 5) is 45.0. The van der Waals surface area contributed by atoms with Gasteiger partial charge in [0, 0.05) is 37.9 Å². The van der Waals surface area contributed by atoms with Crippen LogP contribution in [0.25, 0.3) is 0 Å². The Labute approximate surface area is 261 Å². The molecule has 0 N–H and O–H groups in total. The van der Waals surface area contributed by atoms with E-state index < -0.39 is 17.1 Å². The standard InChI is InChI=1S/C18H18N2O4.C18H16N2O/c1-11-8-14(16(20(22)23)9-12(11)2)18(21)19-15-7-5-4-6-13(15)10-17(19)24-3;1-11-7-15-16(8-12(11)2)19-10-14-9-13-5-3-4-6-17(13)20(14)18(15)21/h4-9,17H,10H2,1-3H3;3-8,10,14H,9H2,1-2H3/t;14-/m.0/s1. The Morgan fingerprint density at radius 2 is 1.47 bits per heavy atom. The Morgan fingerprint density at radius 3 is 2.16 bits per heavy atom. The van der Waals surface area contributed by atoms with Crippen LogP contribution in [0, 0.1) is 37.8 Å². The Bertz CT molecular complexity index is 1900. The predicted octanol–water partition coefficient (Wildman–Crippen LogP) is 6.98. The molecular formula is C36H34N4O5. The number of aryl methyl sites for hydroxylation is 4. The van der Waals surface area contributed by atoms with Crippen molar-refractivity contribution in [1.29, 1.82) is 0 Å². The van der Waals surface area contributed by atoms with E-state index in [0.29, 0.717) is 12.0 Å². The number of nitrogens with zero attached hydrogens (tertiary/aromatic N) is 4. The maximum atomic E-state index is 13.1. The molecule has 3 aliphatic heterocycles. The van der Waals surface area contributed by atoms with Crippen molar-refractivity contribution in [2.24, 2.45) is 4.99 Å². The molecule has 4 aromatic rings. The molecule has 0 aliphatic carbocycles. The fourth-order valence-electron chi connectivity index (χ4n) is 6.20. The first-order valence-electron chi connectivity index (χ1n) is 14.9. The van der Waals surface area contributed by atoms with E-state index in [1.807, 2.05) is 79.6 Å². The Morgan fingerprint density at radius 1 is 0.867 bits per heavy atom. The highest BCUT2D eigenvalue weighted by atomic mass is 16.6. The molecule has 0 spiro atoms. The van der Waals surface area contributed by atoms with Crippen LogP contribution in [-0.2, 0) is 17.6 Å². The third-order valence-electron chi connectivity index (χ3n) is 8.92. The molecule has 0 radical (unpaired) electrons. The van der Waals surface area contributed by atoms with Gasteiger partial charge in [0.15, 0.2) is 0 Å². The maximum Gasteiger partial charge on any atom is 0.282 e. The lowest BCUT2D eigenvalue weighted by atomic mass is 10.0. The van der Waals surface area contributed by atoms with Crippen molar-refractivity contribution in [2.45, 2.75) is 52.8 Å². The van der Waals surface area contributed by atoms with E-state index in [1.165, 1.54) is 29.2 Å². The van der Waals surface area contributed by atoms with Gasteiger partial charge >= 0.3 is 0 Å². The number of ether oxygens (including phenoxy) is 1. The Balaban J connectivity index is 0.000000160. The number of nitro groups is 1. The predicted molar refractivity (Wildman–Crippen MR) is 175 cm³/mol. The van der Waals surface area contributed by atoms with Gasteiger partial charge in [-0.05, 0) is 91.4 Å². The van der Waals surface area contributed by atoms with Gasteiger partial charge < -0.3 is 4.74 Å². The monoisotopic (exact) mass is 602 g/mol. The summed E-state index contributed by atoms with van der Waals surface area (Å²) < 4.78 is 5.44. The molecule has 45 heavy (non-hydrogen) atoms. The number of aliphatic imine (C=N–C) groups is 1. The van der Waals surface area contributed by atoms with Crippen LogP contribution in [0.5, 0.6) is 0 Å². The highest BCUT2D eigenvalue weighted by Gasteiger charge is 2.38. The number of hydrogen-bond acceptors (Lipinski definition) is 6. The lowest BCUT2D eigenvalue weighted by Gasteiger charge is -2.24. The van der Waals surface area contributed by atoms with Crippen molar-refractivity contribution in [3.63, 3.8) is 0 Å². The molecule has 228 valence electrons. The van der Waals surface area contributed by atoms with Crippen LogP contribution < -0.4 is 9.80 Å². The minimum atomic E-state index is -0.510. The van der Waals surface area contributed by atoms with Crippen LogP contribution in [0.1, 0.15) is 54.1 Å². The molecule has 2 atom stereocenters. The smallest absolute Gasteiger partial charge is 0.282 e. The zero-order chi connectivity index (χ0) is 32.0. The van der Waals surface area contributed by atoms with Crippen LogP contribution in [0.2, 0.25) is 0 Å². The summed E-state index contributed by atoms with van der Waals surface area (Å²) in [5.41, 5.74) is 9.27. The van der Waals surface area contributed by atoms with Gasteiger partial charge in [0.1, 0.15) is 11.8 Å². The molecule has 7 rings (SSSR count). The van der Waals surface area contributed by atoms with Crippen molar-refractivity contribution in [2.75, 3.05) is 16.9 Å². The third kappa shape index (κ3) is 5.29. The summed E-state index contributed by atoms with van der Waals surface area (Å²) >= 11 is 0. The molecule has 1 unspecified atom stereocenters. The van der Waals surface area contributed by atoms with Gasteiger partial charge in [0.25, 0.3) is 17.5 Å². The van der Waals surface area contributed by atoms with Gasteiger partial charge in [-0.2, -0.15) is 0 Å². The van der Waals surface area contributed by atoms with Crippen LogP contribution in [-0.4, -0.2) is 42.3 Å². The molecule has 2 amide bonds. The highest BCUT2D eigenvalue weighted by molar-refractivity contribution is 6.14. The number of benzene rings is 4. The van der Waals surface area contributed by atoms with Crippen molar-refractivity contribution >= 4 is 40.8 Å². The second-order valence-corrected chi connectivity index (χ2v) is 11.7. The summed E-state index contributed by atoms with van der Waals surface area (Å²) in [6.45, 7) is 7.71. The number of anilines is 2. The number of carbonyl (C=O) groups excluding carboxylic acids is 2. The lowest BCUT2D eigenvalue weighted by Crippen LogP contribution is -2.39. The summed E-state index contributed by atoms with van der Waals surface area (Å²) in [5.74, 6) is -0.359. The number of fused-ring (bicyclic) bond motifs is 5. The van der Waals surface area contributed by atoms with Gasteiger partial charge in [0.2, 0.25) is 0 Å². The SMILES string of the molecule is COC1Cc2ccccc2N1C(=O)c1cc(C)c(C)cc1[N+](=O)[O-].Cc1cc2c(cc1C)C(=O)N1c3ccccc3C[C@H]1C=N2. The fraction of sp³-hybridized carbons (Fsp3) is 0.250. The Kier molecular flexibility index (Phi) is 7.80. The molecule has 0 saturated carbocycles. The molecule has 0 saturated heterocycles. The normalized spacial score (nSPS) is 17.5. The molecule has 4 aromatic carbocycles. The first-order chi connectivity index (χ1) is 21.6. The van der Waals surface area contributed by atoms with E-state index in [4.69, 9.17) is 4.74 Å². The van der Waals surface area contributed by atoms with Crippen LogP contribution in [0.4, 0.5) is 22.7 Å². The molecule has 0 aromatic heterocycles. The number of nitro benzene ring substituents is 1. The quantitative estimate of drug-likeness (QED) is 0.186. The minimum absolute atomic E-state index is 0.0305. The van der Waals surface area contributed by atoms with Gasteiger partial charge in [-0.25, -0.2) is 0 Å². The van der Waals surface area contributed by atoms with E-state index in [-0.39, 0.29) is 23.2 Å². The number of methoxy groups -OCH3 is 1. The molecule has 3 aliphatic rings. The van der Waals surface area contributed by atoms with E-state index in [9.17, 15) is 19.7 Å². The van der Waals surface area contributed by atoms with Crippen LogP contribution in [0.15, 0.2) is 77.8 Å². The lowest BCUT2D eigenvalue weighted by molar-refractivity contribution is -0.385. The first kappa shape index (κ1) is 29.9. The molecular weight excluding hydrogens is 568 g/mol. The Hall–Kier alpha value is -5.15. The van der Waals surface area contributed by atoms with E-state index >= 15 is 0 Å². The maximum absolute atomic E-state index is 13.1. The molecule has 0 fully saturated rings. The zero-order valence-corrected chi connectivity index (χ0v) is 25.9. The topological polar surface area (TPSA) is 105 Å². The van der Waals surface area contributed by atoms with Crippen molar-refractivity contribution in [3.8, 4) is 0 Å². The number of amides is 2. The third-order valence-corrected chi connectivity index (χ3v) is 8.92. The van der Waals surface area contributed by atoms with E-state index in [2.05, 4.69) is 18.0 Å². The number of rotatable bonds is 3. The summed E-state index contributed by atoms with van der Waals surface area (Å²) in [5, 5.41) is 11.4. The zero-order valence-electron chi connectivity index (χ0n) is 25.9. The molecule has 3 heterocycles. The van der Waals surface area contributed by atoms with Gasteiger partial charge in [0.05, 0.1) is 27.9 Å². The average Bonchev–Trinajstić information content (AvgIpc) is 3.56. The van der Waals surface area contributed by atoms with Gasteiger partial charge in [-0.3, -0.25) is 34.5 Å². The van der Waals surface area contributed by atoms with E-state index in [1.54, 1.807) is 13.0 Å². The minimum Gasteiger partial charge on any atom is -0.361 e. The number of carbonyl (C=O) groups is 2. The van der Waals surface area contributed by atoms with Crippen LogP contribution >= 0.6 is 0 Å². The van der Waals surface area contributed by atoms with E-state index in [0.717, 1.165) is 45.7 Å². The fourth-order valence-corrected chi connectivity index (χ4v) is 6.20.